The highest BCUT2D eigenvalue weighted by Gasteiger charge is 2.22. The average molecular weight is 277 g/mol. The lowest BCUT2D eigenvalue weighted by atomic mass is 9.96. The SMILES string of the molecule is Cc1nccc(C(Cc2cccc(Cl)c2)C(=O)O)n1. The van der Waals surface area contributed by atoms with Gasteiger partial charge >= 0.3 is 5.97 Å². The van der Waals surface area contributed by atoms with Gasteiger partial charge in [0.1, 0.15) is 11.7 Å². The van der Waals surface area contributed by atoms with Crippen molar-refractivity contribution in [1.29, 1.82) is 0 Å². The van der Waals surface area contributed by atoms with Gasteiger partial charge in [0.05, 0.1) is 5.69 Å². The van der Waals surface area contributed by atoms with E-state index in [2.05, 4.69) is 9.97 Å². The maximum Gasteiger partial charge on any atom is 0.312 e. The van der Waals surface area contributed by atoms with E-state index in [0.29, 0.717) is 23.0 Å². The molecule has 0 aliphatic carbocycles. The van der Waals surface area contributed by atoms with E-state index in [-0.39, 0.29) is 0 Å². The van der Waals surface area contributed by atoms with E-state index in [1.54, 1.807) is 31.3 Å². The van der Waals surface area contributed by atoms with Crippen LogP contribution in [0, 0.1) is 6.92 Å². The third-order valence-electron chi connectivity index (χ3n) is 2.78. The molecule has 19 heavy (non-hydrogen) atoms. The van der Waals surface area contributed by atoms with Crippen molar-refractivity contribution in [2.45, 2.75) is 19.3 Å². The van der Waals surface area contributed by atoms with E-state index in [9.17, 15) is 9.90 Å². The molecule has 0 bridgehead atoms. The zero-order chi connectivity index (χ0) is 13.8. The molecule has 2 aromatic rings. The number of halogens is 1. The van der Waals surface area contributed by atoms with Crippen LogP contribution in [0.1, 0.15) is 23.0 Å². The van der Waals surface area contributed by atoms with Gasteiger partial charge in [0, 0.05) is 11.2 Å². The van der Waals surface area contributed by atoms with E-state index in [1.165, 1.54) is 0 Å². The Hall–Kier alpha value is -1.94. The first kappa shape index (κ1) is 13.5. The Morgan fingerprint density at radius 2 is 2.21 bits per heavy atom. The van der Waals surface area contributed by atoms with E-state index in [1.807, 2.05) is 12.1 Å². The van der Waals surface area contributed by atoms with Gasteiger partial charge in [0.15, 0.2) is 0 Å². The molecule has 1 atom stereocenters. The summed E-state index contributed by atoms with van der Waals surface area (Å²) < 4.78 is 0. The van der Waals surface area contributed by atoms with Crippen molar-refractivity contribution in [3.05, 3.63) is 58.6 Å². The fourth-order valence-electron chi connectivity index (χ4n) is 1.89. The molecule has 5 heteroatoms. The third-order valence-corrected chi connectivity index (χ3v) is 3.02. The topological polar surface area (TPSA) is 63.1 Å². The summed E-state index contributed by atoms with van der Waals surface area (Å²) in [6.07, 6.45) is 1.93. The Labute approximate surface area is 116 Å². The number of rotatable bonds is 4. The Kier molecular flexibility index (Phi) is 4.12. The molecule has 0 saturated carbocycles. The molecule has 1 aromatic carbocycles. The van der Waals surface area contributed by atoms with Gasteiger partial charge in [0.25, 0.3) is 0 Å². The molecule has 1 unspecified atom stereocenters. The van der Waals surface area contributed by atoms with Gasteiger partial charge in [-0.25, -0.2) is 9.97 Å². The molecule has 0 fully saturated rings. The predicted molar refractivity (Wildman–Crippen MR) is 72.3 cm³/mol. The lowest BCUT2D eigenvalue weighted by Crippen LogP contribution is -2.16. The smallest absolute Gasteiger partial charge is 0.312 e. The van der Waals surface area contributed by atoms with Crippen LogP contribution >= 0.6 is 11.6 Å². The minimum Gasteiger partial charge on any atom is -0.481 e. The number of aliphatic carboxylic acids is 1. The molecule has 4 nitrogen and oxygen atoms in total. The number of aromatic nitrogens is 2. The van der Waals surface area contributed by atoms with Gasteiger partial charge in [-0.15, -0.1) is 0 Å². The first-order valence-electron chi connectivity index (χ1n) is 5.83. The number of nitrogens with zero attached hydrogens (tertiary/aromatic N) is 2. The highest BCUT2D eigenvalue weighted by Crippen LogP contribution is 2.21. The fourth-order valence-corrected chi connectivity index (χ4v) is 2.10. The first-order chi connectivity index (χ1) is 9.06. The van der Waals surface area contributed by atoms with Crippen molar-refractivity contribution >= 4 is 17.6 Å². The maximum atomic E-state index is 11.4. The molecule has 0 spiro atoms. The largest absolute Gasteiger partial charge is 0.481 e. The number of benzene rings is 1. The minimum atomic E-state index is -0.905. The number of hydrogen-bond donors (Lipinski definition) is 1. The van der Waals surface area contributed by atoms with Crippen LogP contribution in [0.5, 0.6) is 0 Å². The van der Waals surface area contributed by atoms with Gasteiger partial charge in [-0.1, -0.05) is 23.7 Å². The highest BCUT2D eigenvalue weighted by atomic mass is 35.5. The normalized spacial score (nSPS) is 12.1. The second-order valence-corrected chi connectivity index (χ2v) is 4.69. The Morgan fingerprint density at radius 3 is 2.84 bits per heavy atom. The third kappa shape index (κ3) is 3.51. The number of aryl methyl sites for hydroxylation is 1. The standard InChI is InChI=1S/C14H13ClN2O2/c1-9-16-6-5-13(17-9)12(14(18)19)8-10-3-2-4-11(15)7-10/h2-7,12H,8H2,1H3,(H,18,19). The van der Waals surface area contributed by atoms with Crippen LogP contribution < -0.4 is 0 Å². The summed E-state index contributed by atoms with van der Waals surface area (Å²) >= 11 is 5.91. The summed E-state index contributed by atoms with van der Waals surface area (Å²) in [6, 6.07) is 8.83. The van der Waals surface area contributed by atoms with E-state index in [0.717, 1.165) is 5.56 Å². The Balaban J connectivity index is 2.29. The second kappa shape index (κ2) is 5.80. The van der Waals surface area contributed by atoms with Crippen molar-refractivity contribution in [1.82, 2.24) is 9.97 Å². The summed E-state index contributed by atoms with van der Waals surface area (Å²) in [4.78, 5) is 19.6. The number of carboxylic acids is 1. The molecular weight excluding hydrogens is 264 g/mol. The summed E-state index contributed by atoms with van der Waals surface area (Å²) in [6.45, 7) is 1.74. The van der Waals surface area contributed by atoms with Crippen LogP contribution in [0.2, 0.25) is 5.02 Å². The summed E-state index contributed by atoms with van der Waals surface area (Å²) in [5.41, 5.74) is 1.39. The Bertz CT molecular complexity index is 602. The first-order valence-corrected chi connectivity index (χ1v) is 6.21. The molecule has 1 aromatic heterocycles. The molecule has 98 valence electrons. The Morgan fingerprint density at radius 1 is 1.42 bits per heavy atom. The van der Waals surface area contributed by atoms with Crippen LogP contribution in [-0.2, 0) is 11.2 Å². The lowest BCUT2D eigenvalue weighted by Gasteiger charge is -2.12. The van der Waals surface area contributed by atoms with E-state index < -0.39 is 11.9 Å². The summed E-state index contributed by atoms with van der Waals surface area (Å²) in [7, 11) is 0. The highest BCUT2D eigenvalue weighted by molar-refractivity contribution is 6.30. The molecule has 1 heterocycles. The zero-order valence-electron chi connectivity index (χ0n) is 10.4. The van der Waals surface area contributed by atoms with Crippen molar-refractivity contribution in [3.8, 4) is 0 Å². The monoisotopic (exact) mass is 276 g/mol. The molecule has 0 saturated heterocycles. The van der Waals surface area contributed by atoms with Crippen LogP contribution in [0.3, 0.4) is 0 Å². The van der Waals surface area contributed by atoms with Crippen molar-refractivity contribution in [2.75, 3.05) is 0 Å². The summed E-state index contributed by atoms with van der Waals surface area (Å²) in [5, 5.41) is 9.95. The molecule has 1 N–H and O–H groups in total. The average Bonchev–Trinajstić information content (AvgIpc) is 2.35. The fraction of sp³-hybridized carbons (Fsp3) is 0.214. The van der Waals surface area contributed by atoms with E-state index >= 15 is 0 Å². The minimum absolute atomic E-state index is 0.354. The van der Waals surface area contributed by atoms with Crippen molar-refractivity contribution in [2.24, 2.45) is 0 Å². The van der Waals surface area contributed by atoms with Gasteiger partial charge in [0.2, 0.25) is 0 Å². The summed E-state index contributed by atoms with van der Waals surface area (Å²) in [5.74, 6) is -1.03. The maximum absolute atomic E-state index is 11.4. The van der Waals surface area contributed by atoms with Gasteiger partial charge in [-0.3, -0.25) is 4.79 Å². The molecular formula is C14H13ClN2O2. The molecule has 0 aliphatic rings. The molecule has 2 rings (SSSR count). The predicted octanol–water partition coefficient (Wildman–Crippen LogP) is 2.85. The van der Waals surface area contributed by atoms with E-state index in [4.69, 9.17) is 11.6 Å². The van der Waals surface area contributed by atoms with Gasteiger partial charge < -0.3 is 5.11 Å². The van der Waals surface area contributed by atoms with Crippen LogP contribution in [-0.4, -0.2) is 21.0 Å². The number of hydrogen-bond acceptors (Lipinski definition) is 3. The van der Waals surface area contributed by atoms with Gasteiger partial charge in [-0.2, -0.15) is 0 Å². The van der Waals surface area contributed by atoms with Crippen molar-refractivity contribution < 1.29 is 9.90 Å². The quantitative estimate of drug-likeness (QED) is 0.933. The molecule has 0 amide bonds. The molecule has 0 radical (unpaired) electrons. The van der Waals surface area contributed by atoms with Crippen LogP contribution in [0.25, 0.3) is 0 Å². The van der Waals surface area contributed by atoms with Crippen LogP contribution in [0.4, 0.5) is 0 Å². The van der Waals surface area contributed by atoms with Crippen molar-refractivity contribution in [3.63, 3.8) is 0 Å². The number of carbonyl (C=O) groups is 1. The zero-order valence-corrected chi connectivity index (χ0v) is 11.1. The van der Waals surface area contributed by atoms with Crippen LogP contribution in [0.15, 0.2) is 36.5 Å². The lowest BCUT2D eigenvalue weighted by molar-refractivity contribution is -0.138. The second-order valence-electron chi connectivity index (χ2n) is 4.25. The number of carboxylic acid groups (broad SMARTS) is 1. The van der Waals surface area contributed by atoms with Gasteiger partial charge in [-0.05, 0) is 37.1 Å². The molecule has 0 aliphatic heterocycles.